The van der Waals surface area contributed by atoms with Gasteiger partial charge in [-0.3, -0.25) is 0 Å². The Morgan fingerprint density at radius 1 is 0.786 bits per heavy atom. The molecule has 0 bridgehead atoms. The molecule has 0 fully saturated rings. The van der Waals surface area contributed by atoms with Gasteiger partial charge in [0, 0.05) is 11.1 Å². The minimum Gasteiger partial charge on any atom is -0.493 e. The highest BCUT2D eigenvalue weighted by Gasteiger charge is 2.17. The highest BCUT2D eigenvalue weighted by Crippen LogP contribution is 2.32. The Morgan fingerprint density at radius 3 is 2.32 bits per heavy atom. The van der Waals surface area contributed by atoms with Crippen molar-refractivity contribution in [3.8, 4) is 11.5 Å². The Balaban J connectivity index is 1.87. The van der Waals surface area contributed by atoms with Crippen molar-refractivity contribution in [1.82, 2.24) is 0 Å². The van der Waals surface area contributed by atoms with Crippen LogP contribution in [0.1, 0.15) is 11.1 Å². The maximum absolute atomic E-state index is 13.8. The van der Waals surface area contributed by atoms with Crippen LogP contribution >= 0.6 is 0 Å². The summed E-state index contributed by atoms with van der Waals surface area (Å²) in [4.78, 5) is 9.37. The third-order valence-electron chi connectivity index (χ3n) is 4.34. The predicted molar refractivity (Wildman–Crippen MR) is 109 cm³/mol. The molecule has 3 aromatic carbocycles. The third-order valence-corrected chi connectivity index (χ3v) is 4.34. The molecule has 0 atom stereocenters. The molecule has 0 spiro atoms. The summed E-state index contributed by atoms with van der Waals surface area (Å²) >= 11 is 0. The molecule has 1 heterocycles. The first kappa shape index (κ1) is 17.7. The molecule has 1 aliphatic heterocycles. The highest BCUT2D eigenvalue weighted by molar-refractivity contribution is 6.19. The van der Waals surface area contributed by atoms with Crippen LogP contribution in [0.2, 0.25) is 0 Å². The van der Waals surface area contributed by atoms with Crippen molar-refractivity contribution < 1.29 is 13.9 Å². The zero-order chi connectivity index (χ0) is 19.5. The van der Waals surface area contributed by atoms with Crippen molar-refractivity contribution in [2.24, 2.45) is 9.98 Å². The number of rotatable bonds is 4. The fourth-order valence-electron chi connectivity index (χ4n) is 2.94. The van der Waals surface area contributed by atoms with Gasteiger partial charge in [-0.2, -0.15) is 0 Å². The van der Waals surface area contributed by atoms with Gasteiger partial charge in [0.2, 0.25) is 0 Å². The molecule has 1 aliphatic rings. The smallest absolute Gasteiger partial charge is 0.162 e. The van der Waals surface area contributed by atoms with Crippen LogP contribution in [0.3, 0.4) is 0 Å². The minimum atomic E-state index is -0.351. The Bertz CT molecular complexity index is 1080. The molecule has 0 aromatic heterocycles. The second-order valence-corrected chi connectivity index (χ2v) is 6.12. The van der Waals surface area contributed by atoms with E-state index in [1.807, 2.05) is 42.5 Å². The van der Waals surface area contributed by atoms with E-state index in [1.54, 1.807) is 26.4 Å². The fraction of sp³-hybridized carbons (Fsp3) is 0.0909. The van der Waals surface area contributed by atoms with Gasteiger partial charge in [-0.1, -0.05) is 30.3 Å². The van der Waals surface area contributed by atoms with Crippen LogP contribution in [0.4, 0.5) is 15.8 Å². The molecule has 5 nitrogen and oxygen atoms in total. The van der Waals surface area contributed by atoms with Gasteiger partial charge in [0.1, 0.15) is 11.7 Å². The summed E-state index contributed by atoms with van der Waals surface area (Å²) in [5.74, 6) is 1.91. The normalized spacial score (nSPS) is 12.8. The van der Waals surface area contributed by atoms with E-state index < -0.39 is 0 Å². The van der Waals surface area contributed by atoms with Crippen LogP contribution in [0.5, 0.6) is 11.5 Å². The quantitative estimate of drug-likeness (QED) is 0.713. The van der Waals surface area contributed by atoms with Crippen molar-refractivity contribution in [2.75, 3.05) is 19.5 Å². The summed E-state index contributed by atoms with van der Waals surface area (Å²) in [6.45, 7) is 0. The molecule has 6 heteroatoms. The molecular weight excluding hydrogens is 357 g/mol. The van der Waals surface area contributed by atoms with E-state index in [0.717, 1.165) is 11.1 Å². The van der Waals surface area contributed by atoms with Gasteiger partial charge < -0.3 is 14.8 Å². The number of amidine groups is 2. The number of methoxy groups -OCH3 is 2. The number of nitrogens with one attached hydrogen (secondary N) is 1. The lowest BCUT2D eigenvalue weighted by atomic mass is 10.1. The lowest BCUT2D eigenvalue weighted by Crippen LogP contribution is -2.15. The molecule has 3 aromatic rings. The number of anilines is 1. The van der Waals surface area contributed by atoms with Gasteiger partial charge in [-0.15, -0.1) is 0 Å². The van der Waals surface area contributed by atoms with Gasteiger partial charge in [0.05, 0.1) is 25.6 Å². The van der Waals surface area contributed by atoms with Gasteiger partial charge in [0.15, 0.2) is 17.3 Å². The van der Waals surface area contributed by atoms with Crippen LogP contribution in [0.15, 0.2) is 76.7 Å². The summed E-state index contributed by atoms with van der Waals surface area (Å²) in [5.41, 5.74) is 2.77. The Morgan fingerprint density at radius 2 is 1.57 bits per heavy atom. The van der Waals surface area contributed by atoms with Crippen molar-refractivity contribution >= 4 is 23.0 Å². The summed E-state index contributed by atoms with van der Waals surface area (Å²) in [6.07, 6.45) is 0. The van der Waals surface area contributed by atoms with Gasteiger partial charge in [-0.05, 0) is 36.4 Å². The van der Waals surface area contributed by atoms with Crippen LogP contribution in [-0.2, 0) is 0 Å². The molecule has 0 saturated carbocycles. The SMILES string of the molecule is COc1ccc(C2=NC(c3ccccc3)=Nc3ccc(F)cc3N2)cc1OC. The average molecular weight is 375 g/mol. The second-order valence-electron chi connectivity index (χ2n) is 6.12. The number of aliphatic imine (C=N–C) groups is 2. The molecule has 4 rings (SSSR count). The molecular formula is C22H18FN3O2. The zero-order valence-electron chi connectivity index (χ0n) is 15.4. The Kier molecular flexibility index (Phi) is 4.76. The zero-order valence-corrected chi connectivity index (χ0v) is 15.4. The van der Waals surface area contributed by atoms with E-state index in [1.165, 1.54) is 12.1 Å². The van der Waals surface area contributed by atoms with Crippen LogP contribution in [0.25, 0.3) is 0 Å². The summed E-state index contributed by atoms with van der Waals surface area (Å²) < 4.78 is 24.5. The van der Waals surface area contributed by atoms with Crippen LogP contribution in [-0.4, -0.2) is 25.9 Å². The molecule has 28 heavy (non-hydrogen) atoms. The van der Waals surface area contributed by atoms with Gasteiger partial charge >= 0.3 is 0 Å². The first-order chi connectivity index (χ1) is 13.7. The van der Waals surface area contributed by atoms with Crippen molar-refractivity contribution in [3.05, 3.63) is 83.7 Å². The largest absolute Gasteiger partial charge is 0.493 e. The Hall–Kier alpha value is -3.67. The lowest BCUT2D eigenvalue weighted by molar-refractivity contribution is 0.355. The molecule has 0 radical (unpaired) electrons. The minimum absolute atomic E-state index is 0.351. The fourth-order valence-corrected chi connectivity index (χ4v) is 2.94. The first-order valence-electron chi connectivity index (χ1n) is 8.69. The van der Waals surface area contributed by atoms with E-state index in [2.05, 4.69) is 10.3 Å². The van der Waals surface area contributed by atoms with Crippen molar-refractivity contribution in [1.29, 1.82) is 0 Å². The van der Waals surface area contributed by atoms with Crippen LogP contribution in [0, 0.1) is 5.82 Å². The molecule has 0 saturated heterocycles. The monoisotopic (exact) mass is 375 g/mol. The molecule has 1 N–H and O–H groups in total. The van der Waals surface area contributed by atoms with Gasteiger partial charge in [-0.25, -0.2) is 14.4 Å². The molecule has 0 amide bonds. The van der Waals surface area contributed by atoms with E-state index in [4.69, 9.17) is 14.5 Å². The number of ether oxygens (including phenoxy) is 2. The van der Waals surface area contributed by atoms with Crippen molar-refractivity contribution in [3.63, 3.8) is 0 Å². The highest BCUT2D eigenvalue weighted by atomic mass is 19.1. The van der Waals surface area contributed by atoms with Crippen molar-refractivity contribution in [2.45, 2.75) is 0 Å². The van der Waals surface area contributed by atoms with E-state index in [0.29, 0.717) is 34.5 Å². The number of benzene rings is 3. The van der Waals surface area contributed by atoms with E-state index in [-0.39, 0.29) is 5.82 Å². The maximum Gasteiger partial charge on any atom is 0.162 e. The van der Waals surface area contributed by atoms with E-state index in [9.17, 15) is 4.39 Å². The van der Waals surface area contributed by atoms with E-state index >= 15 is 0 Å². The Labute approximate surface area is 162 Å². The third kappa shape index (κ3) is 3.44. The first-order valence-corrected chi connectivity index (χ1v) is 8.69. The number of halogens is 1. The lowest BCUT2D eigenvalue weighted by Gasteiger charge is -2.13. The number of hydrogen-bond acceptors (Lipinski definition) is 5. The summed E-state index contributed by atoms with van der Waals surface area (Å²) in [7, 11) is 3.16. The topological polar surface area (TPSA) is 55.2 Å². The molecule has 0 unspecified atom stereocenters. The van der Waals surface area contributed by atoms with Crippen LogP contribution < -0.4 is 14.8 Å². The number of nitrogens with zero attached hydrogens (tertiary/aromatic N) is 2. The summed E-state index contributed by atoms with van der Waals surface area (Å²) in [6, 6.07) is 19.5. The predicted octanol–water partition coefficient (Wildman–Crippen LogP) is 4.79. The summed E-state index contributed by atoms with van der Waals surface area (Å²) in [5, 5.41) is 3.20. The van der Waals surface area contributed by atoms with Gasteiger partial charge in [0.25, 0.3) is 0 Å². The standard InChI is InChI=1S/C22H18FN3O2/c1-27-19-11-8-15(12-20(19)28-2)22-25-18-13-16(23)9-10-17(18)24-21(26-22)14-6-4-3-5-7-14/h3-13H,1-2H3,(H,24,25,26). The molecule has 0 aliphatic carbocycles. The number of hydrogen-bond donors (Lipinski definition) is 1. The second kappa shape index (κ2) is 7.52. The molecule has 140 valence electrons. The maximum atomic E-state index is 13.8. The number of fused-ring (bicyclic) bond motifs is 1. The average Bonchev–Trinajstić information content (AvgIpc) is 2.93.